The number of nitrogens with one attached hydrogen (secondary N) is 2. The fourth-order valence-corrected chi connectivity index (χ4v) is 5.48. The van der Waals surface area contributed by atoms with E-state index in [9.17, 15) is 16.8 Å². The molecule has 0 atom stereocenters. The summed E-state index contributed by atoms with van der Waals surface area (Å²) in [4.78, 5) is 12.6. The number of ether oxygens (including phenoxy) is 3. The minimum Gasteiger partial charge on any atom is -0.493 e. The first kappa shape index (κ1) is 29.7. The minimum absolute atomic E-state index is 0.109. The molecule has 41 heavy (non-hydrogen) atoms. The van der Waals surface area contributed by atoms with E-state index in [2.05, 4.69) is 24.4 Å². The molecule has 2 aromatic carbocycles. The SMILES string of the molecule is COc1ccccc1Oc1c(NS(=O)(=O)c2ccc(C)cn2)nc(C)nc1OCCNS(=O)(=O)c1ccc(C)cc1. The topological polar surface area (TPSA) is 159 Å². The number of aromatic nitrogens is 3. The maximum absolute atomic E-state index is 13.2. The molecule has 12 nitrogen and oxygen atoms in total. The highest BCUT2D eigenvalue weighted by molar-refractivity contribution is 7.92. The third kappa shape index (κ3) is 7.48. The molecular weight excluding hydrogens is 570 g/mol. The summed E-state index contributed by atoms with van der Waals surface area (Å²) in [6.45, 7) is 4.92. The Kier molecular flexibility index (Phi) is 9.05. The van der Waals surface area contributed by atoms with Crippen molar-refractivity contribution in [2.24, 2.45) is 0 Å². The first-order valence-corrected chi connectivity index (χ1v) is 15.3. The number of anilines is 1. The summed E-state index contributed by atoms with van der Waals surface area (Å²) >= 11 is 0. The van der Waals surface area contributed by atoms with Crippen LogP contribution in [0.25, 0.3) is 0 Å². The molecule has 0 bridgehead atoms. The zero-order valence-electron chi connectivity index (χ0n) is 22.8. The quantitative estimate of drug-likeness (QED) is 0.230. The molecule has 4 aromatic rings. The molecule has 0 spiro atoms. The van der Waals surface area contributed by atoms with Crippen LogP contribution in [0.5, 0.6) is 23.1 Å². The number of methoxy groups -OCH3 is 1. The van der Waals surface area contributed by atoms with Gasteiger partial charge in [-0.3, -0.25) is 4.72 Å². The third-order valence-electron chi connectivity index (χ3n) is 5.58. The molecule has 0 saturated carbocycles. The van der Waals surface area contributed by atoms with Crippen LogP contribution in [0.1, 0.15) is 17.0 Å². The highest BCUT2D eigenvalue weighted by atomic mass is 32.2. The van der Waals surface area contributed by atoms with Gasteiger partial charge in [-0.1, -0.05) is 35.9 Å². The standard InChI is InChI=1S/C27H29N5O7S2/c1-18-9-12-21(13-10-18)40(33,34)29-15-16-38-27-25(39-23-8-6-5-7-22(23)37-4)26(30-20(3)31-27)32-41(35,36)24-14-11-19(2)17-28-24/h5-14,17,29H,15-16H2,1-4H3,(H,30,31,32). The van der Waals surface area contributed by atoms with Crippen LogP contribution in [0.2, 0.25) is 0 Å². The average Bonchev–Trinajstić information content (AvgIpc) is 2.93. The van der Waals surface area contributed by atoms with E-state index < -0.39 is 20.0 Å². The molecule has 0 radical (unpaired) electrons. The van der Waals surface area contributed by atoms with Gasteiger partial charge < -0.3 is 14.2 Å². The van der Waals surface area contributed by atoms with Crippen molar-refractivity contribution in [3.05, 3.63) is 83.8 Å². The number of hydrogen-bond donors (Lipinski definition) is 2. The fraction of sp³-hybridized carbons (Fsp3) is 0.222. The average molecular weight is 600 g/mol. The molecule has 2 N–H and O–H groups in total. The largest absolute Gasteiger partial charge is 0.493 e. The number of hydrogen-bond acceptors (Lipinski definition) is 10. The Morgan fingerprint density at radius 2 is 1.49 bits per heavy atom. The Morgan fingerprint density at radius 1 is 0.805 bits per heavy atom. The number of benzene rings is 2. The van der Waals surface area contributed by atoms with Crippen molar-refractivity contribution in [1.29, 1.82) is 0 Å². The van der Waals surface area contributed by atoms with E-state index in [1.165, 1.54) is 31.5 Å². The highest BCUT2D eigenvalue weighted by Crippen LogP contribution is 2.40. The summed E-state index contributed by atoms with van der Waals surface area (Å²) in [5.41, 5.74) is 1.72. The maximum Gasteiger partial charge on any atom is 0.280 e. The van der Waals surface area contributed by atoms with Gasteiger partial charge in [0.1, 0.15) is 12.4 Å². The van der Waals surface area contributed by atoms with E-state index in [0.717, 1.165) is 11.1 Å². The molecule has 0 unspecified atom stereocenters. The van der Waals surface area contributed by atoms with Gasteiger partial charge in [-0.25, -0.2) is 23.1 Å². The summed E-state index contributed by atoms with van der Waals surface area (Å²) < 4.78 is 73.7. The van der Waals surface area contributed by atoms with Crippen molar-refractivity contribution in [3.63, 3.8) is 0 Å². The number of pyridine rings is 1. The molecule has 4 rings (SSSR count). The zero-order valence-corrected chi connectivity index (χ0v) is 24.4. The van der Waals surface area contributed by atoms with Crippen molar-refractivity contribution in [1.82, 2.24) is 19.7 Å². The number of sulfonamides is 2. The molecule has 0 aliphatic rings. The number of para-hydroxylation sites is 2. The summed E-state index contributed by atoms with van der Waals surface area (Å²) in [7, 11) is -6.51. The third-order valence-corrected chi connectivity index (χ3v) is 8.31. The predicted octanol–water partition coefficient (Wildman–Crippen LogP) is 3.76. The van der Waals surface area contributed by atoms with Gasteiger partial charge in [-0.05, 0) is 56.7 Å². The summed E-state index contributed by atoms with van der Waals surface area (Å²) in [5, 5.41) is -0.226. The predicted molar refractivity (Wildman–Crippen MR) is 151 cm³/mol. The molecule has 2 aromatic heterocycles. The molecular formula is C27H29N5O7S2. The number of aryl methyl sites for hydroxylation is 3. The monoisotopic (exact) mass is 599 g/mol. The Balaban J connectivity index is 1.63. The molecule has 2 heterocycles. The van der Waals surface area contributed by atoms with Crippen molar-refractivity contribution in [2.45, 2.75) is 30.7 Å². The van der Waals surface area contributed by atoms with Gasteiger partial charge in [0.15, 0.2) is 22.3 Å². The van der Waals surface area contributed by atoms with Gasteiger partial charge in [0.25, 0.3) is 15.9 Å². The number of nitrogens with zero attached hydrogens (tertiary/aromatic N) is 3. The lowest BCUT2D eigenvalue weighted by atomic mass is 10.2. The van der Waals surface area contributed by atoms with Crippen LogP contribution in [0, 0.1) is 20.8 Å². The molecule has 0 aliphatic carbocycles. The van der Waals surface area contributed by atoms with Crippen LogP contribution in [0.3, 0.4) is 0 Å². The van der Waals surface area contributed by atoms with E-state index in [1.54, 1.807) is 56.3 Å². The van der Waals surface area contributed by atoms with Crippen molar-refractivity contribution in [2.75, 3.05) is 25.0 Å². The molecule has 216 valence electrons. The maximum atomic E-state index is 13.2. The summed E-state index contributed by atoms with van der Waals surface area (Å²) in [5.74, 6) is 0.285. The second-order valence-corrected chi connectivity index (χ2v) is 12.2. The van der Waals surface area contributed by atoms with Crippen molar-refractivity contribution < 1.29 is 31.0 Å². The first-order chi connectivity index (χ1) is 19.5. The smallest absolute Gasteiger partial charge is 0.280 e. The van der Waals surface area contributed by atoms with E-state index >= 15 is 0 Å². The van der Waals surface area contributed by atoms with Crippen LogP contribution in [0.4, 0.5) is 5.82 Å². The van der Waals surface area contributed by atoms with Crippen LogP contribution >= 0.6 is 0 Å². The van der Waals surface area contributed by atoms with Gasteiger partial charge in [0.2, 0.25) is 15.8 Å². The van der Waals surface area contributed by atoms with Gasteiger partial charge in [-0.2, -0.15) is 13.4 Å². The van der Waals surface area contributed by atoms with Crippen LogP contribution < -0.4 is 23.7 Å². The van der Waals surface area contributed by atoms with Crippen molar-refractivity contribution >= 4 is 25.9 Å². The Bertz CT molecular complexity index is 1730. The fourth-order valence-electron chi connectivity index (χ4n) is 3.53. The Labute approximate surface area is 238 Å². The van der Waals surface area contributed by atoms with Crippen LogP contribution in [-0.2, 0) is 20.0 Å². The number of rotatable bonds is 12. The minimum atomic E-state index is -4.18. The normalized spacial score (nSPS) is 11.6. The van der Waals surface area contributed by atoms with Crippen LogP contribution in [-0.4, -0.2) is 52.0 Å². The lowest BCUT2D eigenvalue weighted by Crippen LogP contribution is -2.28. The molecule has 0 amide bonds. The van der Waals surface area contributed by atoms with Gasteiger partial charge >= 0.3 is 0 Å². The van der Waals surface area contributed by atoms with E-state index in [0.29, 0.717) is 5.75 Å². The second-order valence-electron chi connectivity index (χ2n) is 8.85. The van der Waals surface area contributed by atoms with Gasteiger partial charge in [0, 0.05) is 12.7 Å². The van der Waals surface area contributed by atoms with Gasteiger partial charge in [-0.15, -0.1) is 0 Å². The molecule has 0 aliphatic heterocycles. The molecule has 14 heteroatoms. The van der Waals surface area contributed by atoms with Crippen LogP contribution in [0.15, 0.2) is 76.8 Å². The molecule has 0 saturated heterocycles. The van der Waals surface area contributed by atoms with E-state index in [-0.39, 0.29) is 52.1 Å². The Hall–Kier alpha value is -4.27. The summed E-state index contributed by atoms with van der Waals surface area (Å²) in [6, 6.07) is 16.1. The Morgan fingerprint density at radius 3 is 2.15 bits per heavy atom. The van der Waals surface area contributed by atoms with Gasteiger partial charge in [0.05, 0.1) is 12.0 Å². The lowest BCUT2D eigenvalue weighted by molar-refractivity contribution is 0.290. The van der Waals surface area contributed by atoms with Crippen molar-refractivity contribution in [3.8, 4) is 23.1 Å². The summed E-state index contributed by atoms with van der Waals surface area (Å²) in [6.07, 6.45) is 1.43. The molecule has 0 fully saturated rings. The highest BCUT2D eigenvalue weighted by Gasteiger charge is 2.25. The second kappa shape index (κ2) is 12.5. The first-order valence-electron chi connectivity index (χ1n) is 12.3. The zero-order chi connectivity index (χ0) is 29.6. The van der Waals surface area contributed by atoms with E-state index in [1.807, 2.05) is 6.92 Å². The van der Waals surface area contributed by atoms with E-state index in [4.69, 9.17) is 14.2 Å². The lowest BCUT2D eigenvalue weighted by Gasteiger charge is -2.17.